The van der Waals surface area contributed by atoms with Crippen molar-refractivity contribution in [2.24, 2.45) is 0 Å². The maximum absolute atomic E-state index is 13.0. The van der Waals surface area contributed by atoms with E-state index in [4.69, 9.17) is 25.8 Å². The normalized spacial score (nSPS) is 19.9. The molecule has 3 aromatic rings. The van der Waals surface area contributed by atoms with Crippen LogP contribution < -0.4 is 15.4 Å². The van der Waals surface area contributed by atoms with Crippen molar-refractivity contribution in [3.8, 4) is 17.0 Å². The van der Waals surface area contributed by atoms with Crippen molar-refractivity contribution in [1.82, 2.24) is 15.3 Å². The SMILES string of the molecule is Cc1c(Cl)cccc1Nc1c(-c2ccncc2OC[C@@H]2COCCO2)[nH]c2c1C(=O)N[C@H](C)C2. The molecule has 0 radical (unpaired) electrons. The summed E-state index contributed by atoms with van der Waals surface area (Å²) in [6, 6.07) is 7.57. The van der Waals surface area contributed by atoms with Crippen molar-refractivity contribution in [3.63, 3.8) is 0 Å². The second kappa shape index (κ2) is 9.66. The lowest BCUT2D eigenvalue weighted by molar-refractivity contribution is -0.101. The van der Waals surface area contributed by atoms with Crippen LogP contribution in [0.3, 0.4) is 0 Å². The van der Waals surface area contributed by atoms with Gasteiger partial charge in [0.05, 0.1) is 43.0 Å². The van der Waals surface area contributed by atoms with Crippen LogP contribution in [0.25, 0.3) is 11.3 Å². The molecule has 3 N–H and O–H groups in total. The third-order valence-electron chi connectivity index (χ3n) is 6.08. The van der Waals surface area contributed by atoms with Crippen LogP contribution in [-0.2, 0) is 15.9 Å². The molecule has 1 saturated heterocycles. The van der Waals surface area contributed by atoms with Gasteiger partial charge in [-0.3, -0.25) is 9.78 Å². The first-order chi connectivity index (χ1) is 16.5. The van der Waals surface area contributed by atoms with Crippen LogP contribution in [0.15, 0.2) is 36.7 Å². The van der Waals surface area contributed by atoms with Gasteiger partial charge in [0.15, 0.2) is 0 Å². The van der Waals surface area contributed by atoms with Crippen molar-refractivity contribution in [3.05, 3.63) is 58.5 Å². The Morgan fingerprint density at radius 1 is 1.29 bits per heavy atom. The van der Waals surface area contributed by atoms with Crippen LogP contribution in [0.2, 0.25) is 5.02 Å². The Labute approximate surface area is 203 Å². The van der Waals surface area contributed by atoms with Gasteiger partial charge in [0, 0.05) is 40.6 Å². The standard InChI is InChI=1S/C25H27ClN4O4/c1-14-10-20-22(25(31)28-14)24(29-19-5-3-4-18(26)15(19)2)23(30-20)17-6-7-27-11-21(17)34-13-16-12-32-8-9-33-16/h3-7,11,14,16,29-30H,8-10,12-13H2,1-2H3,(H,28,31)/t14-,16+/m1/s1. The van der Waals surface area contributed by atoms with Crippen LogP contribution in [0.1, 0.15) is 28.5 Å². The number of fused-ring (bicyclic) bond motifs is 1. The van der Waals surface area contributed by atoms with Crippen LogP contribution in [0, 0.1) is 6.92 Å². The Hall–Kier alpha value is -3.07. The Balaban J connectivity index is 1.56. The van der Waals surface area contributed by atoms with E-state index in [1.54, 1.807) is 12.4 Å². The van der Waals surface area contributed by atoms with Gasteiger partial charge < -0.3 is 29.8 Å². The first-order valence-electron chi connectivity index (χ1n) is 11.4. The number of rotatable bonds is 6. The molecule has 2 atom stereocenters. The largest absolute Gasteiger partial charge is 0.488 e. The third kappa shape index (κ3) is 4.49. The number of anilines is 2. The van der Waals surface area contributed by atoms with Gasteiger partial charge in [-0.15, -0.1) is 0 Å². The predicted molar refractivity (Wildman–Crippen MR) is 130 cm³/mol. The summed E-state index contributed by atoms with van der Waals surface area (Å²) in [6.07, 6.45) is 3.94. The summed E-state index contributed by atoms with van der Waals surface area (Å²) >= 11 is 6.36. The molecule has 1 amide bonds. The number of carbonyl (C=O) groups is 1. The highest BCUT2D eigenvalue weighted by Crippen LogP contribution is 2.41. The zero-order valence-electron chi connectivity index (χ0n) is 19.1. The number of pyridine rings is 1. The van der Waals surface area contributed by atoms with Gasteiger partial charge in [0.25, 0.3) is 5.91 Å². The average Bonchev–Trinajstić information content (AvgIpc) is 3.19. The van der Waals surface area contributed by atoms with E-state index in [0.717, 1.165) is 28.2 Å². The van der Waals surface area contributed by atoms with Crippen LogP contribution in [-0.4, -0.2) is 54.4 Å². The van der Waals surface area contributed by atoms with E-state index < -0.39 is 0 Å². The van der Waals surface area contributed by atoms with Crippen molar-refractivity contribution in [1.29, 1.82) is 0 Å². The molecule has 178 valence electrons. The number of benzene rings is 1. The second-order valence-corrected chi connectivity index (χ2v) is 9.00. The minimum absolute atomic E-state index is 0.0314. The highest BCUT2D eigenvalue weighted by Gasteiger charge is 2.31. The quantitative estimate of drug-likeness (QED) is 0.486. The molecule has 0 unspecified atom stereocenters. The van der Waals surface area contributed by atoms with Crippen molar-refractivity contribution < 1.29 is 19.0 Å². The topological polar surface area (TPSA) is 97.5 Å². The molecule has 1 aromatic carbocycles. The van der Waals surface area contributed by atoms with Gasteiger partial charge in [-0.1, -0.05) is 17.7 Å². The molecular weight excluding hydrogens is 456 g/mol. The molecule has 8 nitrogen and oxygen atoms in total. The monoisotopic (exact) mass is 482 g/mol. The summed E-state index contributed by atoms with van der Waals surface area (Å²) in [5.74, 6) is 0.470. The first kappa shape index (κ1) is 22.7. The van der Waals surface area contributed by atoms with Gasteiger partial charge in [-0.25, -0.2) is 0 Å². The van der Waals surface area contributed by atoms with E-state index in [0.29, 0.717) is 54.9 Å². The maximum Gasteiger partial charge on any atom is 0.255 e. The summed E-state index contributed by atoms with van der Waals surface area (Å²) in [6.45, 7) is 5.92. The number of nitrogens with zero attached hydrogens (tertiary/aromatic N) is 1. The number of carbonyl (C=O) groups excluding carboxylic acids is 1. The smallest absolute Gasteiger partial charge is 0.255 e. The molecule has 0 spiro atoms. The number of nitrogens with one attached hydrogen (secondary N) is 3. The molecule has 34 heavy (non-hydrogen) atoms. The number of hydrogen-bond acceptors (Lipinski definition) is 6. The lowest BCUT2D eigenvalue weighted by Gasteiger charge is -2.23. The summed E-state index contributed by atoms with van der Waals surface area (Å²) in [5.41, 5.74) is 5.43. The Morgan fingerprint density at radius 3 is 3.00 bits per heavy atom. The number of ether oxygens (including phenoxy) is 3. The Kier molecular flexibility index (Phi) is 6.45. The molecule has 0 aliphatic carbocycles. The lowest BCUT2D eigenvalue weighted by Crippen LogP contribution is -2.39. The van der Waals surface area contributed by atoms with Crippen molar-refractivity contribution in [2.45, 2.75) is 32.4 Å². The number of H-pyrrole nitrogens is 1. The van der Waals surface area contributed by atoms with Crippen molar-refractivity contribution in [2.75, 3.05) is 31.7 Å². The molecule has 9 heteroatoms. The second-order valence-electron chi connectivity index (χ2n) is 8.60. The molecule has 4 heterocycles. The van der Waals surface area contributed by atoms with Crippen molar-refractivity contribution >= 4 is 28.9 Å². The predicted octanol–water partition coefficient (Wildman–Crippen LogP) is 4.25. The fourth-order valence-electron chi connectivity index (χ4n) is 4.33. The van der Waals surface area contributed by atoms with Crippen LogP contribution >= 0.6 is 11.6 Å². The zero-order chi connectivity index (χ0) is 23.7. The summed E-state index contributed by atoms with van der Waals surface area (Å²) in [5, 5.41) is 7.15. The highest BCUT2D eigenvalue weighted by atomic mass is 35.5. The lowest BCUT2D eigenvalue weighted by atomic mass is 10.0. The zero-order valence-corrected chi connectivity index (χ0v) is 19.9. The van der Waals surface area contributed by atoms with E-state index >= 15 is 0 Å². The van der Waals surface area contributed by atoms with Gasteiger partial charge in [-0.05, 0) is 37.6 Å². The molecule has 1 fully saturated rings. The molecule has 0 saturated carbocycles. The third-order valence-corrected chi connectivity index (χ3v) is 6.49. The molecular formula is C25H27ClN4O4. The van der Waals surface area contributed by atoms with Crippen LogP contribution in [0.5, 0.6) is 5.75 Å². The number of halogens is 1. The van der Waals surface area contributed by atoms with E-state index in [1.165, 1.54) is 0 Å². The molecule has 5 rings (SSSR count). The molecule has 2 aliphatic heterocycles. The van der Waals surface area contributed by atoms with Gasteiger partial charge in [0.2, 0.25) is 0 Å². The average molecular weight is 483 g/mol. The maximum atomic E-state index is 13.0. The van der Waals surface area contributed by atoms with Gasteiger partial charge >= 0.3 is 0 Å². The fourth-order valence-corrected chi connectivity index (χ4v) is 4.50. The Bertz CT molecular complexity index is 1210. The molecule has 0 bridgehead atoms. The van der Waals surface area contributed by atoms with Gasteiger partial charge in [-0.2, -0.15) is 0 Å². The van der Waals surface area contributed by atoms with E-state index in [2.05, 4.69) is 20.6 Å². The first-order valence-corrected chi connectivity index (χ1v) is 11.7. The Morgan fingerprint density at radius 2 is 2.18 bits per heavy atom. The molecule has 2 aromatic heterocycles. The minimum Gasteiger partial charge on any atom is -0.488 e. The summed E-state index contributed by atoms with van der Waals surface area (Å²) in [7, 11) is 0. The number of aromatic amines is 1. The van der Waals surface area contributed by atoms with Gasteiger partial charge in [0.1, 0.15) is 18.5 Å². The highest BCUT2D eigenvalue weighted by molar-refractivity contribution is 6.31. The summed E-state index contributed by atoms with van der Waals surface area (Å²) in [4.78, 5) is 20.8. The van der Waals surface area contributed by atoms with Crippen LogP contribution in [0.4, 0.5) is 11.4 Å². The van der Waals surface area contributed by atoms with E-state index in [-0.39, 0.29) is 18.1 Å². The summed E-state index contributed by atoms with van der Waals surface area (Å²) < 4.78 is 17.3. The molecule has 2 aliphatic rings. The fraction of sp³-hybridized carbons (Fsp3) is 0.360. The van der Waals surface area contributed by atoms with E-state index in [9.17, 15) is 4.79 Å². The number of amides is 1. The number of hydrogen-bond donors (Lipinski definition) is 3. The van der Waals surface area contributed by atoms with E-state index in [1.807, 2.05) is 38.1 Å². The number of aromatic nitrogens is 2. The minimum atomic E-state index is -0.142.